The summed E-state index contributed by atoms with van der Waals surface area (Å²) in [5, 5.41) is 21.7. The largest absolute Gasteiger partial charge is 0.371 e. The number of H-pyrrole nitrogens is 1. The zero-order valence-corrected chi connectivity index (χ0v) is 17.2. The number of anilines is 1. The van der Waals surface area contributed by atoms with Crippen LogP contribution in [0.4, 0.5) is 5.69 Å². The number of nitrogens with zero attached hydrogens (tertiary/aromatic N) is 4. The number of rotatable bonds is 1. The predicted molar refractivity (Wildman–Crippen MR) is 112 cm³/mol. The number of benzene rings is 2. The molecule has 0 saturated heterocycles. The normalized spacial score (nSPS) is 14.6. The zero-order valence-electron chi connectivity index (χ0n) is 16.5. The number of aryl methyl sites for hydroxylation is 2. The Kier molecular flexibility index (Phi) is 3.44. The maximum absolute atomic E-state index is 6.83. The van der Waals surface area contributed by atoms with Crippen molar-refractivity contribution < 1.29 is 0 Å². The van der Waals surface area contributed by atoms with Gasteiger partial charge in [0.15, 0.2) is 5.82 Å². The lowest BCUT2D eigenvalue weighted by atomic mass is 9.92. The van der Waals surface area contributed by atoms with Crippen molar-refractivity contribution in [1.29, 1.82) is 0 Å². The quantitative estimate of drug-likeness (QED) is 0.475. The molecule has 0 unspecified atom stereocenters. The fourth-order valence-corrected chi connectivity index (χ4v) is 4.64. The molecule has 4 aromatic rings. The summed E-state index contributed by atoms with van der Waals surface area (Å²) >= 11 is 6.83. The first-order chi connectivity index (χ1) is 13.3. The van der Waals surface area contributed by atoms with Gasteiger partial charge in [-0.2, -0.15) is 5.10 Å². The van der Waals surface area contributed by atoms with Gasteiger partial charge in [-0.1, -0.05) is 29.8 Å². The van der Waals surface area contributed by atoms with Crippen LogP contribution in [0.5, 0.6) is 0 Å². The minimum absolute atomic E-state index is 0.341. The molecular weight excluding hydrogens is 372 g/mol. The Hall–Kier alpha value is -2.86. The van der Waals surface area contributed by atoms with Crippen molar-refractivity contribution >= 4 is 28.2 Å². The second-order valence-corrected chi connectivity index (χ2v) is 8.36. The molecule has 7 heteroatoms. The van der Waals surface area contributed by atoms with E-state index in [0.29, 0.717) is 5.02 Å². The van der Waals surface area contributed by atoms with Crippen molar-refractivity contribution in [2.45, 2.75) is 40.2 Å². The van der Waals surface area contributed by atoms with Crippen LogP contribution in [-0.2, 0) is 5.54 Å². The molecule has 0 fully saturated rings. The molecule has 0 amide bonds. The molecule has 0 spiro atoms. The van der Waals surface area contributed by atoms with Gasteiger partial charge in [0.05, 0.1) is 33.1 Å². The highest BCUT2D eigenvalue weighted by Gasteiger charge is 2.36. The molecule has 2 N–H and O–H groups in total. The van der Waals surface area contributed by atoms with Gasteiger partial charge < -0.3 is 5.32 Å². The van der Waals surface area contributed by atoms with Crippen molar-refractivity contribution in [2.75, 3.05) is 5.32 Å². The van der Waals surface area contributed by atoms with Crippen molar-refractivity contribution in [3.63, 3.8) is 0 Å². The number of fused-ring (bicyclic) bond motifs is 4. The van der Waals surface area contributed by atoms with Crippen LogP contribution in [0.1, 0.15) is 36.8 Å². The average Bonchev–Trinajstić information content (AvgIpc) is 3.19. The fourth-order valence-electron chi connectivity index (χ4n) is 4.29. The number of halogens is 1. The van der Waals surface area contributed by atoms with Gasteiger partial charge in [-0.05, 0) is 46.2 Å². The minimum Gasteiger partial charge on any atom is -0.371 e. The first kappa shape index (κ1) is 17.3. The second-order valence-electron chi connectivity index (χ2n) is 7.95. The van der Waals surface area contributed by atoms with Gasteiger partial charge in [0, 0.05) is 16.5 Å². The Morgan fingerprint density at radius 2 is 1.89 bits per heavy atom. The Labute approximate surface area is 167 Å². The summed E-state index contributed by atoms with van der Waals surface area (Å²) in [5.41, 5.74) is 6.78. The maximum Gasteiger partial charge on any atom is 0.162 e. The molecule has 2 aromatic carbocycles. The third-order valence-electron chi connectivity index (χ3n) is 5.61. The van der Waals surface area contributed by atoms with E-state index in [9.17, 15) is 0 Å². The maximum atomic E-state index is 6.83. The van der Waals surface area contributed by atoms with E-state index in [1.54, 1.807) is 0 Å². The molecule has 3 heterocycles. The summed E-state index contributed by atoms with van der Waals surface area (Å²) in [7, 11) is 0. The summed E-state index contributed by atoms with van der Waals surface area (Å²) in [6, 6.07) is 8.21. The van der Waals surface area contributed by atoms with E-state index in [0.717, 1.165) is 56.3 Å². The van der Waals surface area contributed by atoms with E-state index in [2.05, 4.69) is 63.2 Å². The predicted octanol–water partition coefficient (Wildman–Crippen LogP) is 5.05. The molecule has 28 heavy (non-hydrogen) atoms. The van der Waals surface area contributed by atoms with E-state index in [-0.39, 0.29) is 5.54 Å². The molecule has 2 aromatic heterocycles. The third kappa shape index (κ3) is 2.18. The molecule has 0 atom stereocenters. The van der Waals surface area contributed by atoms with Crippen LogP contribution in [-0.4, -0.2) is 25.0 Å². The molecule has 5 rings (SSSR count). The second kappa shape index (κ2) is 5.58. The van der Waals surface area contributed by atoms with Crippen LogP contribution < -0.4 is 5.32 Å². The Morgan fingerprint density at radius 1 is 1.11 bits per heavy atom. The van der Waals surface area contributed by atoms with Crippen molar-refractivity contribution in [1.82, 2.24) is 25.0 Å². The van der Waals surface area contributed by atoms with Crippen LogP contribution in [0.2, 0.25) is 5.02 Å². The Bertz CT molecular complexity index is 1260. The van der Waals surface area contributed by atoms with E-state index in [1.165, 1.54) is 0 Å². The molecule has 0 bridgehead atoms. The van der Waals surface area contributed by atoms with Gasteiger partial charge in [-0.3, -0.25) is 9.67 Å². The van der Waals surface area contributed by atoms with Gasteiger partial charge in [-0.25, -0.2) is 0 Å². The van der Waals surface area contributed by atoms with Gasteiger partial charge in [-0.15, -0.1) is 10.2 Å². The Balaban J connectivity index is 1.86. The molecular formula is C21H21ClN6. The molecule has 0 aliphatic carbocycles. The van der Waals surface area contributed by atoms with Crippen LogP contribution in [0.3, 0.4) is 0 Å². The number of aromatic nitrogens is 5. The number of hydrogen-bond donors (Lipinski definition) is 2. The monoisotopic (exact) mass is 392 g/mol. The van der Waals surface area contributed by atoms with E-state index in [4.69, 9.17) is 11.6 Å². The van der Waals surface area contributed by atoms with E-state index in [1.807, 2.05) is 26.0 Å². The zero-order chi connectivity index (χ0) is 19.8. The number of hydrogen-bond acceptors (Lipinski definition) is 4. The summed E-state index contributed by atoms with van der Waals surface area (Å²) in [5.74, 6) is 1.75. The van der Waals surface area contributed by atoms with Gasteiger partial charge in [0.2, 0.25) is 0 Å². The van der Waals surface area contributed by atoms with E-state index < -0.39 is 0 Å². The van der Waals surface area contributed by atoms with Crippen LogP contribution >= 0.6 is 11.6 Å². The summed E-state index contributed by atoms with van der Waals surface area (Å²) < 4.78 is 2.14. The van der Waals surface area contributed by atoms with Crippen molar-refractivity contribution in [2.24, 2.45) is 0 Å². The van der Waals surface area contributed by atoms with Crippen LogP contribution in [0, 0.1) is 20.8 Å². The standard InChI is InChI=1S/C21H21ClN6/c1-10-17(14-8-6-7-13-11(2)24-26-18(13)14)15(22)9-16-19(10)28-12(3)25-27-20(28)21(4,5)23-16/h6-9,23H,1-5H3,(H,24,26). The number of para-hydroxylation sites is 1. The van der Waals surface area contributed by atoms with Gasteiger partial charge >= 0.3 is 0 Å². The van der Waals surface area contributed by atoms with Crippen LogP contribution in [0.25, 0.3) is 27.7 Å². The van der Waals surface area contributed by atoms with Gasteiger partial charge in [0.1, 0.15) is 5.82 Å². The van der Waals surface area contributed by atoms with E-state index >= 15 is 0 Å². The van der Waals surface area contributed by atoms with Crippen molar-refractivity contribution in [3.8, 4) is 16.8 Å². The first-order valence-electron chi connectivity index (χ1n) is 9.28. The lowest BCUT2D eigenvalue weighted by Crippen LogP contribution is -2.36. The number of nitrogens with one attached hydrogen (secondary N) is 2. The van der Waals surface area contributed by atoms with Gasteiger partial charge in [0.25, 0.3) is 0 Å². The molecule has 0 saturated carbocycles. The smallest absolute Gasteiger partial charge is 0.162 e. The third-order valence-corrected chi connectivity index (χ3v) is 5.91. The van der Waals surface area contributed by atoms with Crippen LogP contribution in [0.15, 0.2) is 24.3 Å². The minimum atomic E-state index is -0.341. The SMILES string of the molecule is Cc1c(-c2cccc3c(C)n[nH]c23)c(Cl)cc2c1-n1c(C)nnc1C(C)(C)N2. The molecule has 1 aliphatic heterocycles. The highest BCUT2D eigenvalue weighted by Crippen LogP contribution is 2.45. The highest BCUT2D eigenvalue weighted by molar-refractivity contribution is 6.34. The molecule has 0 radical (unpaired) electrons. The highest BCUT2D eigenvalue weighted by atomic mass is 35.5. The Morgan fingerprint density at radius 3 is 2.68 bits per heavy atom. The summed E-state index contributed by atoms with van der Waals surface area (Å²) in [4.78, 5) is 0. The van der Waals surface area contributed by atoms with Crippen molar-refractivity contribution in [3.05, 3.63) is 52.2 Å². The lowest BCUT2D eigenvalue weighted by molar-refractivity contribution is 0.535. The lowest BCUT2D eigenvalue weighted by Gasteiger charge is -2.35. The average molecular weight is 393 g/mol. The molecule has 6 nitrogen and oxygen atoms in total. The fraction of sp³-hybridized carbons (Fsp3) is 0.286. The number of aromatic amines is 1. The molecule has 142 valence electrons. The summed E-state index contributed by atoms with van der Waals surface area (Å²) in [6.45, 7) is 10.3. The summed E-state index contributed by atoms with van der Waals surface area (Å²) in [6.07, 6.45) is 0. The first-order valence-corrected chi connectivity index (χ1v) is 9.65. The molecule has 1 aliphatic rings. The topological polar surface area (TPSA) is 71.4 Å².